The molecule has 0 spiro atoms. The number of tetrazole rings is 1. The Morgan fingerprint density at radius 1 is 1.17 bits per heavy atom. The molecule has 0 atom stereocenters. The molecule has 10 nitrogen and oxygen atoms in total. The monoisotopic (exact) mass is 414 g/mol. The highest BCUT2D eigenvalue weighted by Crippen LogP contribution is 2.28. The van der Waals surface area contributed by atoms with E-state index in [0.29, 0.717) is 5.69 Å². The largest absolute Gasteiger partial charge is 0.495 e. The van der Waals surface area contributed by atoms with Crippen molar-refractivity contribution in [2.75, 3.05) is 12.4 Å². The summed E-state index contributed by atoms with van der Waals surface area (Å²) < 4.78 is 34.5. The molecule has 3 aromatic rings. The fourth-order valence-corrected chi connectivity index (χ4v) is 4.19. The standard InChI is InChI=1S/C18H18N6O4S/c1-28-16-9-2-12(10-17(16)29(26,27)21-14-3-4-14)18(25)20-13-5-7-15(8-6-13)24-11-19-22-23-24/h2,5-11,14,21H,3-4H2,1H3,(H,20,25). The van der Waals surface area contributed by atoms with E-state index in [1.165, 1.54) is 36.3 Å². The van der Waals surface area contributed by atoms with E-state index in [1.54, 1.807) is 24.3 Å². The number of nitrogens with one attached hydrogen (secondary N) is 2. The third-order valence-corrected chi connectivity index (χ3v) is 5.89. The summed E-state index contributed by atoms with van der Waals surface area (Å²) in [6.45, 7) is 0. The molecule has 0 bridgehead atoms. The number of carbonyl (C=O) groups excluding carboxylic acids is 1. The summed E-state index contributed by atoms with van der Waals surface area (Å²) in [7, 11) is -2.39. The van der Waals surface area contributed by atoms with Gasteiger partial charge in [-0.1, -0.05) is 0 Å². The summed E-state index contributed by atoms with van der Waals surface area (Å²) in [6, 6.07) is 11.1. The minimum absolute atomic E-state index is 0.0547. The molecule has 1 aliphatic carbocycles. The normalized spacial score (nSPS) is 13.8. The maximum atomic E-state index is 12.6. The van der Waals surface area contributed by atoms with E-state index >= 15 is 0 Å². The van der Waals surface area contributed by atoms with E-state index in [2.05, 4.69) is 25.6 Å². The highest BCUT2D eigenvalue weighted by Gasteiger charge is 2.30. The zero-order valence-electron chi connectivity index (χ0n) is 15.4. The lowest BCUT2D eigenvalue weighted by Gasteiger charge is -2.12. The predicted octanol–water partition coefficient (Wildman–Crippen LogP) is 1.36. The van der Waals surface area contributed by atoms with E-state index in [1.807, 2.05) is 0 Å². The lowest BCUT2D eigenvalue weighted by molar-refractivity contribution is 0.102. The Labute approximate surface area is 166 Å². The first-order chi connectivity index (χ1) is 14.0. The van der Waals surface area contributed by atoms with Crippen molar-refractivity contribution in [1.29, 1.82) is 0 Å². The number of amides is 1. The summed E-state index contributed by atoms with van der Waals surface area (Å²) in [5, 5.41) is 13.7. The lowest BCUT2D eigenvalue weighted by Crippen LogP contribution is -2.26. The molecule has 4 rings (SSSR count). The van der Waals surface area contributed by atoms with Crippen molar-refractivity contribution >= 4 is 21.6 Å². The van der Waals surface area contributed by atoms with Crippen molar-refractivity contribution in [2.45, 2.75) is 23.8 Å². The van der Waals surface area contributed by atoms with Gasteiger partial charge in [-0.3, -0.25) is 4.79 Å². The van der Waals surface area contributed by atoms with E-state index in [0.717, 1.165) is 18.5 Å². The second-order valence-corrected chi connectivity index (χ2v) is 8.20. The van der Waals surface area contributed by atoms with Gasteiger partial charge in [0.05, 0.1) is 12.8 Å². The molecule has 1 heterocycles. The van der Waals surface area contributed by atoms with Crippen molar-refractivity contribution in [3.8, 4) is 11.4 Å². The molecule has 1 fully saturated rings. The van der Waals surface area contributed by atoms with Gasteiger partial charge >= 0.3 is 0 Å². The number of hydrogen-bond donors (Lipinski definition) is 2. The average Bonchev–Trinajstić information content (AvgIpc) is 3.35. The number of nitrogens with zero attached hydrogens (tertiary/aromatic N) is 4. The van der Waals surface area contributed by atoms with Crippen molar-refractivity contribution in [2.24, 2.45) is 0 Å². The number of ether oxygens (including phenoxy) is 1. The third kappa shape index (κ3) is 4.25. The van der Waals surface area contributed by atoms with Crippen LogP contribution in [0.15, 0.2) is 53.7 Å². The summed E-state index contributed by atoms with van der Waals surface area (Å²) >= 11 is 0. The Kier molecular flexibility index (Phi) is 4.99. The minimum Gasteiger partial charge on any atom is -0.495 e. The molecule has 0 unspecified atom stereocenters. The van der Waals surface area contributed by atoms with Gasteiger partial charge in [-0.25, -0.2) is 17.8 Å². The fraction of sp³-hybridized carbons (Fsp3) is 0.222. The molecule has 150 valence electrons. The minimum atomic E-state index is -3.78. The van der Waals surface area contributed by atoms with Gasteiger partial charge in [0, 0.05) is 17.3 Å². The molecule has 1 aliphatic rings. The number of aromatic nitrogens is 4. The molecule has 29 heavy (non-hydrogen) atoms. The van der Waals surface area contributed by atoms with Crippen LogP contribution >= 0.6 is 0 Å². The van der Waals surface area contributed by atoms with Gasteiger partial charge in [0.1, 0.15) is 17.0 Å². The van der Waals surface area contributed by atoms with Crippen molar-refractivity contribution < 1.29 is 17.9 Å². The summed E-state index contributed by atoms with van der Waals surface area (Å²) in [5.74, 6) is -0.258. The Morgan fingerprint density at radius 2 is 1.93 bits per heavy atom. The highest BCUT2D eigenvalue weighted by atomic mass is 32.2. The molecule has 1 saturated carbocycles. The third-order valence-electron chi connectivity index (χ3n) is 4.35. The van der Waals surface area contributed by atoms with Gasteiger partial charge in [-0.15, -0.1) is 5.10 Å². The summed E-state index contributed by atoms with van der Waals surface area (Å²) in [4.78, 5) is 12.6. The number of sulfonamides is 1. The van der Waals surface area contributed by atoms with Crippen LogP contribution in [0.5, 0.6) is 5.75 Å². The average molecular weight is 414 g/mol. The van der Waals surface area contributed by atoms with Gasteiger partial charge in [0.25, 0.3) is 5.91 Å². The zero-order valence-corrected chi connectivity index (χ0v) is 16.3. The van der Waals surface area contributed by atoms with Gasteiger partial charge in [0.15, 0.2) is 0 Å². The van der Waals surface area contributed by atoms with Crippen LogP contribution in [0.3, 0.4) is 0 Å². The summed E-state index contributed by atoms with van der Waals surface area (Å²) in [5.41, 5.74) is 1.48. The van der Waals surface area contributed by atoms with Crippen LogP contribution in [0.2, 0.25) is 0 Å². The van der Waals surface area contributed by atoms with Crippen molar-refractivity contribution in [1.82, 2.24) is 24.9 Å². The molecule has 2 N–H and O–H groups in total. The molecular formula is C18H18N6O4S. The highest BCUT2D eigenvalue weighted by molar-refractivity contribution is 7.89. The van der Waals surface area contributed by atoms with Crippen LogP contribution in [0.1, 0.15) is 23.2 Å². The van der Waals surface area contributed by atoms with E-state index < -0.39 is 15.9 Å². The first kappa shape index (κ1) is 19.0. The topological polar surface area (TPSA) is 128 Å². The number of rotatable bonds is 7. The Morgan fingerprint density at radius 3 is 2.55 bits per heavy atom. The number of carbonyl (C=O) groups is 1. The van der Waals surface area contributed by atoms with Crippen molar-refractivity contribution in [3.05, 3.63) is 54.4 Å². The molecule has 1 aromatic heterocycles. The Balaban J connectivity index is 1.54. The predicted molar refractivity (Wildman–Crippen MR) is 103 cm³/mol. The number of methoxy groups -OCH3 is 1. The maximum absolute atomic E-state index is 12.6. The second-order valence-electron chi connectivity index (χ2n) is 6.52. The van der Waals surface area contributed by atoms with Crippen LogP contribution in [0, 0.1) is 0 Å². The SMILES string of the molecule is COc1ccc(C(=O)Nc2ccc(-n3cnnn3)cc2)cc1S(=O)(=O)NC1CC1. The van der Waals surface area contributed by atoms with Crippen LogP contribution in [0.25, 0.3) is 5.69 Å². The number of benzene rings is 2. The molecule has 11 heteroatoms. The number of anilines is 1. The Hall–Kier alpha value is -3.31. The van der Waals surface area contributed by atoms with E-state index in [9.17, 15) is 13.2 Å². The van der Waals surface area contributed by atoms with Crippen LogP contribution in [-0.2, 0) is 10.0 Å². The van der Waals surface area contributed by atoms with Crippen LogP contribution in [0.4, 0.5) is 5.69 Å². The van der Waals surface area contributed by atoms with E-state index in [4.69, 9.17) is 4.74 Å². The second kappa shape index (κ2) is 7.60. The number of hydrogen-bond acceptors (Lipinski definition) is 7. The van der Waals surface area contributed by atoms with Gasteiger partial charge < -0.3 is 10.1 Å². The molecular weight excluding hydrogens is 396 g/mol. The quantitative estimate of drug-likeness (QED) is 0.597. The first-order valence-electron chi connectivity index (χ1n) is 8.81. The van der Waals surface area contributed by atoms with E-state index in [-0.39, 0.29) is 22.3 Å². The molecule has 0 radical (unpaired) electrons. The Bertz CT molecular complexity index is 1130. The van der Waals surface area contributed by atoms with Crippen LogP contribution in [-0.4, -0.2) is 47.7 Å². The van der Waals surface area contributed by atoms with Crippen molar-refractivity contribution in [3.63, 3.8) is 0 Å². The summed E-state index contributed by atoms with van der Waals surface area (Å²) in [6.07, 6.45) is 3.08. The van der Waals surface area contributed by atoms with Gasteiger partial charge in [0.2, 0.25) is 10.0 Å². The van der Waals surface area contributed by atoms with Crippen LogP contribution < -0.4 is 14.8 Å². The molecule has 0 aliphatic heterocycles. The van der Waals surface area contributed by atoms with Gasteiger partial charge in [-0.2, -0.15) is 0 Å². The smallest absolute Gasteiger partial charge is 0.255 e. The molecule has 1 amide bonds. The van der Waals surface area contributed by atoms with Gasteiger partial charge in [-0.05, 0) is 65.7 Å². The lowest BCUT2D eigenvalue weighted by atomic mass is 10.2. The first-order valence-corrected chi connectivity index (χ1v) is 10.3. The molecule has 0 saturated heterocycles. The fourth-order valence-electron chi connectivity index (χ4n) is 2.69. The maximum Gasteiger partial charge on any atom is 0.255 e. The molecule has 2 aromatic carbocycles. The zero-order chi connectivity index (χ0) is 20.4.